The third-order valence-corrected chi connectivity index (χ3v) is 5.17. The molecule has 0 saturated carbocycles. The molecule has 0 aliphatic carbocycles. The van der Waals surface area contributed by atoms with Crippen LogP contribution in [0.5, 0.6) is 11.6 Å². The predicted molar refractivity (Wildman–Crippen MR) is 123 cm³/mol. The first kappa shape index (κ1) is 20.6. The first-order chi connectivity index (χ1) is 15.1. The molecule has 0 bridgehead atoms. The topological polar surface area (TPSA) is 106 Å². The number of ether oxygens (including phenoxy) is 1. The molecule has 0 fully saturated rings. The van der Waals surface area contributed by atoms with Gasteiger partial charge in [-0.05, 0) is 48.4 Å². The fraction of sp³-hybridized carbons (Fsp3) is 0.208. The van der Waals surface area contributed by atoms with Crippen LogP contribution in [0, 0.1) is 0 Å². The molecule has 4 N–H and O–H groups in total. The van der Waals surface area contributed by atoms with Crippen molar-refractivity contribution >= 4 is 16.7 Å². The zero-order valence-electron chi connectivity index (χ0n) is 17.5. The number of nitrogens with two attached hydrogens (primary N) is 1. The zero-order chi connectivity index (χ0) is 21.8. The highest BCUT2D eigenvalue weighted by atomic mass is 16.5. The average Bonchev–Trinajstić information content (AvgIpc) is 2.82. The Kier molecular flexibility index (Phi) is 5.95. The van der Waals surface area contributed by atoms with Crippen LogP contribution in [0.1, 0.15) is 13.3 Å². The quantitative estimate of drug-likeness (QED) is 0.415. The minimum atomic E-state index is 0.0203. The number of anilines is 1. The van der Waals surface area contributed by atoms with Crippen LogP contribution in [0.15, 0.2) is 60.8 Å². The highest BCUT2D eigenvalue weighted by Gasteiger charge is 2.15. The maximum Gasteiger partial charge on any atom is 0.221 e. The molecule has 7 nitrogen and oxygen atoms in total. The Bertz CT molecular complexity index is 1210. The van der Waals surface area contributed by atoms with E-state index in [9.17, 15) is 5.11 Å². The number of hydrogen-bond acceptors (Lipinski definition) is 7. The van der Waals surface area contributed by atoms with Gasteiger partial charge in [0.2, 0.25) is 5.88 Å². The predicted octanol–water partition coefficient (Wildman–Crippen LogP) is 4.22. The van der Waals surface area contributed by atoms with Crippen LogP contribution in [-0.4, -0.2) is 39.8 Å². The van der Waals surface area contributed by atoms with Crippen molar-refractivity contribution in [3.8, 4) is 34.1 Å². The molecular weight excluding hydrogens is 390 g/mol. The Balaban J connectivity index is 1.83. The number of rotatable bonds is 7. The number of phenols is 1. The number of hydrogen-bond donors (Lipinski definition) is 3. The van der Waals surface area contributed by atoms with E-state index in [1.807, 2.05) is 55.5 Å². The molecule has 1 unspecified atom stereocenters. The van der Waals surface area contributed by atoms with Gasteiger partial charge in [-0.2, -0.15) is 0 Å². The molecule has 4 aromatic rings. The molecule has 31 heavy (non-hydrogen) atoms. The number of phenolic OH excluding ortho intramolecular Hbond substituents is 1. The number of pyridine rings is 1. The highest BCUT2D eigenvalue weighted by molar-refractivity contribution is 5.91. The fourth-order valence-electron chi connectivity index (χ4n) is 3.36. The first-order valence-electron chi connectivity index (χ1n) is 10.2. The van der Waals surface area contributed by atoms with Crippen molar-refractivity contribution in [2.45, 2.75) is 19.4 Å². The van der Waals surface area contributed by atoms with E-state index in [0.717, 1.165) is 28.5 Å². The Morgan fingerprint density at radius 3 is 2.71 bits per heavy atom. The van der Waals surface area contributed by atoms with Crippen LogP contribution in [0.3, 0.4) is 0 Å². The van der Waals surface area contributed by atoms with Gasteiger partial charge >= 0.3 is 0 Å². The van der Waals surface area contributed by atoms with E-state index in [4.69, 9.17) is 20.4 Å². The van der Waals surface area contributed by atoms with Gasteiger partial charge in [0.1, 0.15) is 11.6 Å². The number of nitrogens with one attached hydrogen (secondary N) is 1. The number of aromatic hydroxyl groups is 1. The van der Waals surface area contributed by atoms with Crippen molar-refractivity contribution in [3.63, 3.8) is 0 Å². The van der Waals surface area contributed by atoms with E-state index in [1.54, 1.807) is 19.4 Å². The molecule has 0 radical (unpaired) electrons. The molecule has 2 aromatic heterocycles. The van der Waals surface area contributed by atoms with E-state index < -0.39 is 0 Å². The fourth-order valence-corrected chi connectivity index (χ4v) is 3.36. The molecule has 2 heterocycles. The molecule has 0 amide bonds. The lowest BCUT2D eigenvalue weighted by atomic mass is 10.0. The first-order valence-corrected chi connectivity index (χ1v) is 10.2. The van der Waals surface area contributed by atoms with Crippen LogP contribution in [-0.2, 0) is 0 Å². The van der Waals surface area contributed by atoms with Crippen LogP contribution >= 0.6 is 0 Å². The van der Waals surface area contributed by atoms with Gasteiger partial charge in [-0.3, -0.25) is 0 Å². The highest BCUT2D eigenvalue weighted by Crippen LogP contribution is 2.36. The number of benzene rings is 2. The van der Waals surface area contributed by atoms with Crippen LogP contribution in [0.4, 0.5) is 5.82 Å². The van der Waals surface area contributed by atoms with Crippen molar-refractivity contribution < 1.29 is 9.84 Å². The van der Waals surface area contributed by atoms with E-state index in [-0.39, 0.29) is 11.8 Å². The van der Waals surface area contributed by atoms with Gasteiger partial charge in [0.15, 0.2) is 5.82 Å². The summed E-state index contributed by atoms with van der Waals surface area (Å²) in [5, 5.41) is 14.9. The Morgan fingerprint density at radius 1 is 1.06 bits per heavy atom. The van der Waals surface area contributed by atoms with Gasteiger partial charge in [0, 0.05) is 29.7 Å². The van der Waals surface area contributed by atoms with Crippen molar-refractivity contribution in [3.05, 3.63) is 60.8 Å². The summed E-state index contributed by atoms with van der Waals surface area (Å²) in [6, 6.07) is 16.9. The van der Waals surface area contributed by atoms with Crippen LogP contribution < -0.4 is 15.8 Å². The zero-order valence-corrected chi connectivity index (χ0v) is 17.5. The lowest BCUT2D eigenvalue weighted by Crippen LogP contribution is -2.28. The molecule has 0 aliphatic rings. The summed E-state index contributed by atoms with van der Waals surface area (Å²) in [6.45, 7) is 2.64. The maximum atomic E-state index is 10.6. The third kappa shape index (κ3) is 4.27. The molecular formula is C24H25N5O2. The number of methoxy groups -OCH3 is 1. The summed E-state index contributed by atoms with van der Waals surface area (Å²) in [5.41, 5.74) is 9.06. The lowest BCUT2D eigenvalue weighted by molar-refractivity contribution is 0.399. The summed E-state index contributed by atoms with van der Waals surface area (Å²) in [5.74, 6) is 1.72. The summed E-state index contributed by atoms with van der Waals surface area (Å²) >= 11 is 0. The van der Waals surface area contributed by atoms with E-state index in [0.29, 0.717) is 29.6 Å². The summed E-state index contributed by atoms with van der Waals surface area (Å²) in [6.07, 6.45) is 2.54. The molecule has 158 valence electrons. The van der Waals surface area contributed by atoms with Gasteiger partial charge in [-0.1, -0.05) is 25.1 Å². The molecule has 4 rings (SSSR count). The third-order valence-electron chi connectivity index (χ3n) is 5.17. The second-order valence-corrected chi connectivity index (χ2v) is 7.25. The molecule has 2 aromatic carbocycles. The number of para-hydroxylation sites is 1. The van der Waals surface area contributed by atoms with Crippen molar-refractivity contribution in [1.82, 2.24) is 15.0 Å². The SMILES string of the molecule is CCC(N)CNc1nc(-c2cc(-c3cccnc3OC)ccc2O)nc2ccccc12. The number of aromatic nitrogens is 3. The standard InChI is InChI=1S/C24H25N5O2/c1-3-16(25)14-27-22-18-7-4-5-9-20(18)28-23(29-22)19-13-15(10-11-21(19)30)17-8-6-12-26-24(17)31-2/h4-13,16,30H,3,14,25H2,1-2H3,(H,27,28,29). The van der Waals surface area contributed by atoms with Crippen molar-refractivity contribution in [2.75, 3.05) is 19.0 Å². The van der Waals surface area contributed by atoms with E-state index in [1.165, 1.54) is 0 Å². The summed E-state index contributed by atoms with van der Waals surface area (Å²) < 4.78 is 5.39. The molecule has 0 saturated heterocycles. The summed E-state index contributed by atoms with van der Waals surface area (Å²) in [4.78, 5) is 13.7. The van der Waals surface area contributed by atoms with Crippen molar-refractivity contribution in [2.24, 2.45) is 5.73 Å². The molecule has 0 spiro atoms. The second kappa shape index (κ2) is 8.97. The van der Waals surface area contributed by atoms with Gasteiger partial charge in [-0.25, -0.2) is 15.0 Å². The average molecular weight is 415 g/mol. The Morgan fingerprint density at radius 2 is 1.90 bits per heavy atom. The number of nitrogens with zero attached hydrogens (tertiary/aromatic N) is 3. The lowest BCUT2D eigenvalue weighted by Gasteiger charge is -2.15. The van der Waals surface area contributed by atoms with Gasteiger partial charge in [0.05, 0.1) is 18.2 Å². The molecule has 7 heteroatoms. The minimum absolute atomic E-state index is 0.0203. The number of fused-ring (bicyclic) bond motifs is 1. The minimum Gasteiger partial charge on any atom is -0.507 e. The normalized spacial score (nSPS) is 12.0. The second-order valence-electron chi connectivity index (χ2n) is 7.25. The molecule has 1 atom stereocenters. The molecule has 0 aliphatic heterocycles. The maximum absolute atomic E-state index is 10.6. The van der Waals surface area contributed by atoms with Gasteiger partial charge in [-0.15, -0.1) is 0 Å². The van der Waals surface area contributed by atoms with E-state index >= 15 is 0 Å². The van der Waals surface area contributed by atoms with Crippen LogP contribution in [0.25, 0.3) is 33.4 Å². The van der Waals surface area contributed by atoms with Gasteiger partial charge < -0.3 is 20.9 Å². The monoisotopic (exact) mass is 415 g/mol. The summed E-state index contributed by atoms with van der Waals surface area (Å²) in [7, 11) is 1.58. The largest absolute Gasteiger partial charge is 0.507 e. The van der Waals surface area contributed by atoms with Crippen molar-refractivity contribution in [1.29, 1.82) is 0 Å². The Labute approximate surface area is 181 Å². The van der Waals surface area contributed by atoms with Gasteiger partial charge in [0.25, 0.3) is 0 Å². The Hall–Kier alpha value is -3.71. The smallest absolute Gasteiger partial charge is 0.221 e. The van der Waals surface area contributed by atoms with Crippen LogP contribution in [0.2, 0.25) is 0 Å². The van der Waals surface area contributed by atoms with E-state index in [2.05, 4.69) is 10.3 Å².